The van der Waals surface area contributed by atoms with E-state index in [1.165, 1.54) is 0 Å². The highest BCUT2D eigenvalue weighted by atomic mass is 16.5. The first kappa shape index (κ1) is 14.8. The Balaban J connectivity index is 1.85. The molecule has 0 aliphatic carbocycles. The monoisotopic (exact) mass is 278 g/mol. The minimum atomic E-state index is -0.0407. The molecule has 1 heterocycles. The molecule has 1 saturated heterocycles. The van der Waals surface area contributed by atoms with Crippen molar-refractivity contribution < 1.29 is 14.3 Å². The molecule has 2 N–H and O–H groups in total. The van der Waals surface area contributed by atoms with E-state index in [0.29, 0.717) is 18.8 Å². The Morgan fingerprint density at radius 2 is 2.35 bits per heavy atom. The van der Waals surface area contributed by atoms with Gasteiger partial charge in [0.15, 0.2) is 0 Å². The predicted octanol–water partition coefficient (Wildman–Crippen LogP) is 1.19. The van der Waals surface area contributed by atoms with Crippen LogP contribution in [0, 0.1) is 0 Å². The molecule has 1 aliphatic rings. The first-order valence-electron chi connectivity index (χ1n) is 7.03. The van der Waals surface area contributed by atoms with Gasteiger partial charge in [0.25, 0.3) is 5.91 Å². The molecule has 110 valence electrons. The summed E-state index contributed by atoms with van der Waals surface area (Å²) in [4.78, 5) is 12.1. The van der Waals surface area contributed by atoms with Crippen molar-refractivity contribution in [1.82, 2.24) is 10.6 Å². The SMILES string of the molecule is COCCCOc1cccc(C(=O)NC2CCNC2)c1. The fraction of sp³-hybridized carbons (Fsp3) is 0.533. The molecule has 1 aliphatic heterocycles. The third-order valence-corrected chi connectivity index (χ3v) is 3.25. The summed E-state index contributed by atoms with van der Waals surface area (Å²) >= 11 is 0. The molecule has 1 fully saturated rings. The highest BCUT2D eigenvalue weighted by molar-refractivity contribution is 5.94. The van der Waals surface area contributed by atoms with Crippen molar-refractivity contribution in [2.45, 2.75) is 18.9 Å². The minimum Gasteiger partial charge on any atom is -0.493 e. The number of rotatable bonds is 7. The van der Waals surface area contributed by atoms with Gasteiger partial charge in [-0.2, -0.15) is 0 Å². The summed E-state index contributed by atoms with van der Waals surface area (Å²) in [6.45, 7) is 3.08. The summed E-state index contributed by atoms with van der Waals surface area (Å²) in [7, 11) is 1.67. The number of carbonyl (C=O) groups excluding carboxylic acids is 1. The van der Waals surface area contributed by atoms with Crippen LogP contribution in [0.2, 0.25) is 0 Å². The van der Waals surface area contributed by atoms with Crippen LogP contribution in [-0.4, -0.2) is 45.4 Å². The second kappa shape index (κ2) is 7.87. The van der Waals surface area contributed by atoms with Crippen molar-refractivity contribution in [2.75, 3.05) is 33.4 Å². The van der Waals surface area contributed by atoms with Gasteiger partial charge in [-0.1, -0.05) is 6.07 Å². The van der Waals surface area contributed by atoms with Crippen molar-refractivity contribution in [3.63, 3.8) is 0 Å². The number of hydrogen-bond donors (Lipinski definition) is 2. The van der Waals surface area contributed by atoms with Crippen LogP contribution in [0.3, 0.4) is 0 Å². The van der Waals surface area contributed by atoms with Gasteiger partial charge < -0.3 is 20.1 Å². The molecule has 0 bridgehead atoms. The molecule has 0 radical (unpaired) electrons. The van der Waals surface area contributed by atoms with E-state index in [1.54, 1.807) is 19.2 Å². The largest absolute Gasteiger partial charge is 0.493 e. The molecule has 5 nitrogen and oxygen atoms in total. The zero-order chi connectivity index (χ0) is 14.2. The second-order valence-corrected chi connectivity index (χ2v) is 4.89. The van der Waals surface area contributed by atoms with Crippen LogP contribution in [0.15, 0.2) is 24.3 Å². The summed E-state index contributed by atoms with van der Waals surface area (Å²) in [5, 5.41) is 6.25. The molecule has 1 aromatic carbocycles. The van der Waals surface area contributed by atoms with E-state index in [-0.39, 0.29) is 11.9 Å². The molecular weight excluding hydrogens is 256 g/mol. The fourth-order valence-corrected chi connectivity index (χ4v) is 2.17. The number of methoxy groups -OCH3 is 1. The number of nitrogens with one attached hydrogen (secondary N) is 2. The lowest BCUT2D eigenvalue weighted by Gasteiger charge is -2.12. The second-order valence-electron chi connectivity index (χ2n) is 4.89. The average molecular weight is 278 g/mol. The molecule has 20 heavy (non-hydrogen) atoms. The highest BCUT2D eigenvalue weighted by Gasteiger charge is 2.17. The lowest BCUT2D eigenvalue weighted by atomic mass is 10.1. The van der Waals surface area contributed by atoms with Gasteiger partial charge in [0.2, 0.25) is 0 Å². The van der Waals surface area contributed by atoms with E-state index in [1.807, 2.05) is 12.1 Å². The summed E-state index contributed by atoms with van der Waals surface area (Å²) in [6, 6.07) is 7.52. The Labute approximate surface area is 119 Å². The normalized spacial score (nSPS) is 17.9. The first-order valence-corrected chi connectivity index (χ1v) is 7.03. The van der Waals surface area contributed by atoms with E-state index in [0.717, 1.165) is 31.7 Å². The smallest absolute Gasteiger partial charge is 0.251 e. The van der Waals surface area contributed by atoms with Gasteiger partial charge in [-0.25, -0.2) is 0 Å². The predicted molar refractivity (Wildman–Crippen MR) is 77.2 cm³/mol. The maximum absolute atomic E-state index is 12.1. The van der Waals surface area contributed by atoms with E-state index in [9.17, 15) is 4.79 Å². The summed E-state index contributed by atoms with van der Waals surface area (Å²) in [5.41, 5.74) is 0.640. The van der Waals surface area contributed by atoms with Gasteiger partial charge in [0.05, 0.1) is 6.61 Å². The van der Waals surface area contributed by atoms with Gasteiger partial charge in [0, 0.05) is 38.3 Å². The zero-order valence-electron chi connectivity index (χ0n) is 11.9. The molecule has 2 rings (SSSR count). The molecule has 1 aromatic rings. The number of carbonyl (C=O) groups is 1. The van der Waals surface area contributed by atoms with Crippen LogP contribution in [0.5, 0.6) is 5.75 Å². The zero-order valence-corrected chi connectivity index (χ0v) is 11.9. The fourth-order valence-electron chi connectivity index (χ4n) is 2.17. The topological polar surface area (TPSA) is 59.6 Å². The molecule has 1 amide bonds. The summed E-state index contributed by atoms with van der Waals surface area (Å²) in [6.07, 6.45) is 1.82. The van der Waals surface area contributed by atoms with Gasteiger partial charge in [-0.3, -0.25) is 4.79 Å². The minimum absolute atomic E-state index is 0.0407. The molecule has 1 unspecified atom stereocenters. The third-order valence-electron chi connectivity index (χ3n) is 3.25. The van der Waals surface area contributed by atoms with E-state index in [2.05, 4.69) is 10.6 Å². The maximum Gasteiger partial charge on any atom is 0.251 e. The molecular formula is C15H22N2O3. The number of hydrogen-bond acceptors (Lipinski definition) is 4. The third kappa shape index (κ3) is 4.51. The van der Waals surface area contributed by atoms with E-state index >= 15 is 0 Å². The summed E-state index contributed by atoms with van der Waals surface area (Å²) < 4.78 is 10.6. The molecule has 0 saturated carbocycles. The number of benzene rings is 1. The maximum atomic E-state index is 12.1. The average Bonchev–Trinajstić information content (AvgIpc) is 2.97. The Bertz CT molecular complexity index is 431. The Morgan fingerprint density at radius 3 is 3.10 bits per heavy atom. The van der Waals surface area contributed by atoms with Crippen LogP contribution in [0.1, 0.15) is 23.2 Å². The van der Waals surface area contributed by atoms with E-state index < -0.39 is 0 Å². The number of amides is 1. The molecule has 5 heteroatoms. The van der Waals surface area contributed by atoms with Gasteiger partial charge in [-0.15, -0.1) is 0 Å². The quantitative estimate of drug-likeness (QED) is 0.736. The number of ether oxygens (including phenoxy) is 2. The Kier molecular flexibility index (Phi) is 5.83. The van der Waals surface area contributed by atoms with Crippen molar-refractivity contribution in [3.8, 4) is 5.75 Å². The van der Waals surface area contributed by atoms with Crippen molar-refractivity contribution in [3.05, 3.63) is 29.8 Å². The molecule has 0 spiro atoms. The lowest BCUT2D eigenvalue weighted by molar-refractivity contribution is 0.0939. The molecule has 1 atom stereocenters. The molecule has 0 aromatic heterocycles. The van der Waals surface area contributed by atoms with Crippen molar-refractivity contribution >= 4 is 5.91 Å². The van der Waals surface area contributed by atoms with Crippen LogP contribution in [0.4, 0.5) is 0 Å². The van der Waals surface area contributed by atoms with Crippen LogP contribution in [0.25, 0.3) is 0 Å². The first-order chi connectivity index (χ1) is 9.79. The lowest BCUT2D eigenvalue weighted by Crippen LogP contribution is -2.36. The Morgan fingerprint density at radius 1 is 1.45 bits per heavy atom. The highest BCUT2D eigenvalue weighted by Crippen LogP contribution is 2.14. The van der Waals surface area contributed by atoms with E-state index in [4.69, 9.17) is 9.47 Å². The van der Waals surface area contributed by atoms with Gasteiger partial charge in [0.1, 0.15) is 5.75 Å². The standard InChI is InChI=1S/C15H22N2O3/c1-19-8-3-9-20-14-5-2-4-12(10-14)15(18)17-13-6-7-16-11-13/h2,4-5,10,13,16H,3,6-9,11H2,1H3,(H,17,18). The van der Waals surface area contributed by atoms with Gasteiger partial charge in [-0.05, 0) is 31.2 Å². The van der Waals surface area contributed by atoms with Gasteiger partial charge >= 0.3 is 0 Å². The van der Waals surface area contributed by atoms with Crippen LogP contribution < -0.4 is 15.4 Å². The summed E-state index contributed by atoms with van der Waals surface area (Å²) in [5.74, 6) is 0.680. The van der Waals surface area contributed by atoms with Crippen LogP contribution in [-0.2, 0) is 4.74 Å². The van der Waals surface area contributed by atoms with Crippen LogP contribution >= 0.6 is 0 Å². The Hall–Kier alpha value is -1.59. The van der Waals surface area contributed by atoms with Crippen molar-refractivity contribution in [2.24, 2.45) is 0 Å². The van der Waals surface area contributed by atoms with Crippen molar-refractivity contribution in [1.29, 1.82) is 0 Å².